The number of ether oxygens (including phenoxy) is 1. The Kier molecular flexibility index (Phi) is 6.07. The van der Waals surface area contributed by atoms with Gasteiger partial charge in [0.25, 0.3) is 0 Å². The molecule has 182 valence electrons. The summed E-state index contributed by atoms with van der Waals surface area (Å²) >= 11 is 3.27. The van der Waals surface area contributed by atoms with E-state index in [1.807, 2.05) is 20.8 Å². The van der Waals surface area contributed by atoms with Crippen molar-refractivity contribution in [1.29, 1.82) is 0 Å². The number of rotatable bonds is 5. The van der Waals surface area contributed by atoms with Crippen LogP contribution in [0.4, 0.5) is 4.39 Å². The van der Waals surface area contributed by atoms with Gasteiger partial charge in [0.2, 0.25) is 0 Å². The molecule has 0 aliphatic heterocycles. The highest BCUT2D eigenvalue weighted by Gasteiger charge is 2.77. The van der Waals surface area contributed by atoms with E-state index < -0.39 is 39.8 Å². The molecule has 3 fully saturated rings. The van der Waals surface area contributed by atoms with E-state index >= 15 is 4.39 Å². The molecule has 5 nitrogen and oxygen atoms in total. The van der Waals surface area contributed by atoms with Gasteiger partial charge in [0, 0.05) is 41.9 Å². The number of Topliss-reactive ketones (excluding diaryl/α,β-unsaturated/α-hetero) is 2. The molecule has 0 N–H and O–H groups in total. The predicted octanol–water partition coefficient (Wildman–Crippen LogP) is 5.08. The second kappa shape index (κ2) is 8.10. The number of carbonyl (C=O) groups is 4. The smallest absolute Gasteiger partial charge is 0.306 e. The molecule has 4 aliphatic carbocycles. The van der Waals surface area contributed by atoms with Crippen molar-refractivity contribution < 1.29 is 28.3 Å². The van der Waals surface area contributed by atoms with E-state index in [4.69, 9.17) is 4.74 Å². The van der Waals surface area contributed by atoms with Crippen LogP contribution in [-0.4, -0.2) is 39.9 Å². The normalized spacial score (nSPS) is 44.4. The van der Waals surface area contributed by atoms with Gasteiger partial charge in [0.15, 0.2) is 28.6 Å². The first-order valence-electron chi connectivity index (χ1n) is 12.2. The van der Waals surface area contributed by atoms with Gasteiger partial charge in [0.05, 0.1) is 5.33 Å². The molecule has 1 unspecified atom stereocenters. The molecule has 3 saturated carbocycles. The van der Waals surface area contributed by atoms with E-state index in [-0.39, 0.29) is 48.0 Å². The molecule has 0 aromatic heterocycles. The monoisotopic (exact) mass is 524 g/mol. The zero-order valence-electron chi connectivity index (χ0n) is 20.0. The number of esters is 1. The SMILES string of the molecule is CCCC(=O)O[C@]1(C(=O)CBr)C(C)C[C@H]2[C@@H]3CCC4=CC(=O)CC[C@]4(C)[C@@]3(F)C(=O)C[C@@]21C. The summed E-state index contributed by atoms with van der Waals surface area (Å²) in [5.41, 5.74) is -4.76. The molecule has 7 atom stereocenters. The fourth-order valence-electron chi connectivity index (χ4n) is 8.01. The highest BCUT2D eigenvalue weighted by molar-refractivity contribution is 9.09. The molecule has 0 amide bonds. The van der Waals surface area contributed by atoms with E-state index in [1.165, 1.54) is 0 Å². The molecule has 0 aromatic rings. The van der Waals surface area contributed by atoms with Gasteiger partial charge in [-0.1, -0.05) is 49.2 Å². The lowest BCUT2D eigenvalue weighted by Crippen LogP contribution is -2.69. The quantitative estimate of drug-likeness (QED) is 0.370. The summed E-state index contributed by atoms with van der Waals surface area (Å²) < 4.78 is 23.2. The summed E-state index contributed by atoms with van der Waals surface area (Å²) in [6, 6.07) is 0. The zero-order valence-corrected chi connectivity index (χ0v) is 21.6. The summed E-state index contributed by atoms with van der Waals surface area (Å²) in [7, 11) is 0. The Hall–Kier alpha value is -1.37. The lowest BCUT2D eigenvalue weighted by molar-refractivity contribution is -0.203. The van der Waals surface area contributed by atoms with Crippen molar-refractivity contribution in [3.63, 3.8) is 0 Å². The molecule has 4 aliphatic rings. The summed E-state index contributed by atoms with van der Waals surface area (Å²) in [6.07, 6.45) is 4.30. The second-order valence-electron chi connectivity index (χ2n) is 11.1. The molecule has 0 bridgehead atoms. The van der Waals surface area contributed by atoms with Crippen molar-refractivity contribution in [2.24, 2.45) is 28.6 Å². The number of hydrogen-bond donors (Lipinski definition) is 0. The van der Waals surface area contributed by atoms with Crippen LogP contribution in [0.25, 0.3) is 0 Å². The number of carbonyl (C=O) groups excluding carboxylic acids is 4. The number of hydrogen-bond acceptors (Lipinski definition) is 5. The summed E-state index contributed by atoms with van der Waals surface area (Å²) in [5, 5.41) is 0.00535. The average Bonchev–Trinajstić information content (AvgIpc) is 2.97. The van der Waals surface area contributed by atoms with E-state index in [2.05, 4.69) is 15.9 Å². The Labute approximate surface area is 203 Å². The van der Waals surface area contributed by atoms with Gasteiger partial charge in [-0.25, -0.2) is 4.39 Å². The van der Waals surface area contributed by atoms with Crippen molar-refractivity contribution >= 4 is 39.2 Å². The van der Waals surface area contributed by atoms with Crippen LogP contribution in [0.5, 0.6) is 0 Å². The highest BCUT2D eigenvalue weighted by atomic mass is 79.9. The first-order valence-corrected chi connectivity index (χ1v) is 13.3. The zero-order chi connectivity index (χ0) is 24.4. The second-order valence-corrected chi connectivity index (χ2v) is 11.7. The molecule has 0 heterocycles. The van der Waals surface area contributed by atoms with Gasteiger partial charge >= 0.3 is 5.97 Å². The van der Waals surface area contributed by atoms with E-state index in [1.54, 1.807) is 13.0 Å². The topological polar surface area (TPSA) is 77.5 Å². The van der Waals surface area contributed by atoms with Crippen molar-refractivity contribution in [3.8, 4) is 0 Å². The molecular formula is C26H34BrFO5. The third kappa shape index (κ3) is 3.06. The summed E-state index contributed by atoms with van der Waals surface area (Å²) in [5.74, 6) is -2.39. The number of ketones is 3. The van der Waals surface area contributed by atoms with Crippen LogP contribution in [0.3, 0.4) is 0 Å². The Balaban J connectivity index is 1.83. The van der Waals surface area contributed by atoms with Crippen molar-refractivity contribution in [1.82, 2.24) is 0 Å². The Morgan fingerprint density at radius 3 is 2.55 bits per heavy atom. The van der Waals surface area contributed by atoms with Crippen LogP contribution in [0, 0.1) is 28.6 Å². The van der Waals surface area contributed by atoms with Crippen molar-refractivity contribution in [2.75, 3.05) is 5.33 Å². The van der Waals surface area contributed by atoms with Crippen LogP contribution in [0.1, 0.15) is 79.1 Å². The molecular weight excluding hydrogens is 491 g/mol. The van der Waals surface area contributed by atoms with Crippen LogP contribution in [0.15, 0.2) is 11.6 Å². The van der Waals surface area contributed by atoms with Crippen LogP contribution in [-0.2, 0) is 23.9 Å². The molecule has 0 aromatic carbocycles. The van der Waals surface area contributed by atoms with Gasteiger partial charge < -0.3 is 4.74 Å². The summed E-state index contributed by atoms with van der Waals surface area (Å²) in [4.78, 5) is 52.0. The van der Waals surface area contributed by atoms with Gasteiger partial charge in [-0.2, -0.15) is 0 Å². The third-order valence-electron chi connectivity index (χ3n) is 9.61. The van der Waals surface area contributed by atoms with Crippen LogP contribution < -0.4 is 0 Å². The molecule has 0 spiro atoms. The standard InChI is InChI=1S/C26H34BrFO5/c1-5-6-22(32)33-26(21(31)14-27)15(2)11-19-18-8-7-16-12-17(29)9-10-23(16,3)25(18,28)20(30)13-24(19,26)4/h12,15,18-19H,5-11,13-14H2,1-4H3/t15?,18-,19-,23-,24-,25-,26-/m0/s1. The molecule has 4 rings (SSSR count). The maximum absolute atomic E-state index is 17.2. The third-order valence-corrected chi connectivity index (χ3v) is 10.1. The number of fused-ring (bicyclic) bond motifs is 5. The Morgan fingerprint density at radius 2 is 1.91 bits per heavy atom. The Bertz CT molecular complexity index is 945. The fourth-order valence-corrected chi connectivity index (χ4v) is 8.43. The molecule has 0 radical (unpaired) electrons. The minimum atomic E-state index is -2.08. The lowest BCUT2D eigenvalue weighted by Gasteiger charge is -2.60. The largest absolute Gasteiger partial charge is 0.450 e. The van der Waals surface area contributed by atoms with Gasteiger partial charge in [-0.15, -0.1) is 0 Å². The van der Waals surface area contributed by atoms with Gasteiger partial charge in [0.1, 0.15) is 0 Å². The van der Waals surface area contributed by atoms with Gasteiger partial charge in [-0.3, -0.25) is 19.2 Å². The van der Waals surface area contributed by atoms with Crippen LogP contribution >= 0.6 is 15.9 Å². The minimum absolute atomic E-state index is 0.00289. The minimum Gasteiger partial charge on any atom is -0.450 e. The number of halogens is 2. The average molecular weight is 525 g/mol. The Morgan fingerprint density at radius 1 is 1.21 bits per heavy atom. The van der Waals surface area contributed by atoms with Crippen molar-refractivity contribution in [3.05, 3.63) is 11.6 Å². The lowest BCUT2D eigenvalue weighted by atomic mass is 9.44. The first-order chi connectivity index (χ1) is 15.4. The van der Waals surface area contributed by atoms with Gasteiger partial charge in [-0.05, 0) is 44.1 Å². The maximum Gasteiger partial charge on any atom is 0.306 e. The predicted molar refractivity (Wildman–Crippen MR) is 125 cm³/mol. The number of alkyl halides is 2. The molecule has 7 heteroatoms. The van der Waals surface area contributed by atoms with E-state index in [0.29, 0.717) is 32.1 Å². The highest BCUT2D eigenvalue weighted by Crippen LogP contribution is 2.71. The molecule has 0 saturated heterocycles. The molecule has 33 heavy (non-hydrogen) atoms. The first kappa shape index (κ1) is 24.7. The van der Waals surface area contributed by atoms with E-state index in [0.717, 1.165) is 5.57 Å². The maximum atomic E-state index is 17.2. The fraction of sp³-hybridized carbons (Fsp3) is 0.769. The summed E-state index contributed by atoms with van der Waals surface area (Å²) in [6.45, 7) is 7.42. The van der Waals surface area contributed by atoms with Crippen molar-refractivity contribution in [2.45, 2.75) is 90.3 Å². The number of allylic oxidation sites excluding steroid dienone is 1. The van der Waals surface area contributed by atoms with E-state index in [9.17, 15) is 19.2 Å². The van der Waals surface area contributed by atoms with Crippen LogP contribution in [0.2, 0.25) is 0 Å².